The van der Waals surface area contributed by atoms with Crippen molar-refractivity contribution in [3.8, 4) is 5.75 Å². The van der Waals surface area contributed by atoms with Crippen molar-refractivity contribution in [3.05, 3.63) is 29.8 Å². The summed E-state index contributed by atoms with van der Waals surface area (Å²) in [6.45, 7) is 5.26. The Morgan fingerprint density at radius 3 is 2.23 bits per heavy atom. The van der Waals surface area contributed by atoms with E-state index in [4.69, 9.17) is 4.74 Å². The molecular formula is C20H33NO. The van der Waals surface area contributed by atoms with Gasteiger partial charge in [0.2, 0.25) is 0 Å². The second-order valence-electron chi connectivity index (χ2n) is 6.62. The van der Waals surface area contributed by atoms with E-state index in [1.54, 1.807) is 0 Å². The fraction of sp³-hybridized carbons (Fsp3) is 0.700. The van der Waals surface area contributed by atoms with Gasteiger partial charge in [0.1, 0.15) is 12.5 Å². The average Bonchev–Trinajstić information content (AvgIpc) is 2.56. The second kappa shape index (κ2) is 10.7. The Bertz CT molecular complexity index is 404. The molecule has 0 aliphatic carbocycles. The lowest BCUT2D eigenvalue weighted by Crippen LogP contribution is -2.32. The van der Waals surface area contributed by atoms with Crippen LogP contribution in [-0.2, 0) is 6.54 Å². The molecule has 1 aromatic carbocycles. The zero-order valence-corrected chi connectivity index (χ0v) is 14.4. The number of unbranched alkanes of at least 4 members (excludes halogenated alkanes) is 9. The molecule has 0 saturated carbocycles. The van der Waals surface area contributed by atoms with E-state index in [0.717, 1.165) is 19.0 Å². The summed E-state index contributed by atoms with van der Waals surface area (Å²) in [5.41, 5.74) is 1.33. The van der Waals surface area contributed by atoms with E-state index >= 15 is 0 Å². The smallest absolute Gasteiger partial charge is 0.142 e. The van der Waals surface area contributed by atoms with Crippen LogP contribution in [0.4, 0.5) is 0 Å². The van der Waals surface area contributed by atoms with Gasteiger partial charge in [0, 0.05) is 18.7 Å². The predicted octanol–water partition coefficient (Wildman–Crippen LogP) is 5.76. The molecule has 0 fully saturated rings. The van der Waals surface area contributed by atoms with Crippen LogP contribution in [-0.4, -0.2) is 18.2 Å². The van der Waals surface area contributed by atoms with Gasteiger partial charge in [0.05, 0.1) is 0 Å². The Hall–Kier alpha value is -1.02. The number of para-hydroxylation sites is 1. The zero-order valence-electron chi connectivity index (χ0n) is 14.4. The van der Waals surface area contributed by atoms with Crippen molar-refractivity contribution in [3.63, 3.8) is 0 Å². The molecule has 0 atom stereocenters. The van der Waals surface area contributed by atoms with Crippen molar-refractivity contribution in [2.24, 2.45) is 0 Å². The monoisotopic (exact) mass is 303 g/mol. The van der Waals surface area contributed by atoms with Gasteiger partial charge < -0.3 is 4.74 Å². The summed E-state index contributed by atoms with van der Waals surface area (Å²) in [6.07, 6.45) is 14.0. The maximum Gasteiger partial charge on any atom is 0.142 e. The molecule has 2 heteroatoms. The number of benzene rings is 1. The highest BCUT2D eigenvalue weighted by Gasteiger charge is 2.15. The van der Waals surface area contributed by atoms with E-state index in [1.807, 2.05) is 0 Å². The van der Waals surface area contributed by atoms with Gasteiger partial charge in [0.25, 0.3) is 0 Å². The lowest BCUT2D eigenvalue weighted by atomic mass is 10.1. The molecule has 1 aliphatic rings. The van der Waals surface area contributed by atoms with Crippen molar-refractivity contribution in [1.29, 1.82) is 0 Å². The second-order valence-corrected chi connectivity index (χ2v) is 6.62. The summed E-state index contributed by atoms with van der Waals surface area (Å²) in [4.78, 5) is 2.42. The molecule has 2 rings (SSSR count). The van der Waals surface area contributed by atoms with Crippen LogP contribution in [0.15, 0.2) is 24.3 Å². The minimum Gasteiger partial charge on any atom is -0.478 e. The van der Waals surface area contributed by atoms with Crippen LogP contribution < -0.4 is 4.74 Å². The SMILES string of the molecule is CCCCCCCCCCCCN1COc2ccccc2C1. The van der Waals surface area contributed by atoms with E-state index in [2.05, 4.69) is 36.1 Å². The summed E-state index contributed by atoms with van der Waals surface area (Å²) < 4.78 is 5.80. The maximum atomic E-state index is 5.80. The Kier molecular flexibility index (Phi) is 8.40. The van der Waals surface area contributed by atoms with Gasteiger partial charge in [-0.05, 0) is 12.5 Å². The van der Waals surface area contributed by atoms with Gasteiger partial charge in [-0.15, -0.1) is 0 Å². The standard InChI is InChI=1S/C20H33NO/c1-2-3-4-5-6-7-8-9-10-13-16-21-17-19-14-11-12-15-20(19)22-18-21/h11-12,14-15H,2-10,13,16-18H2,1H3. The Balaban J connectivity index is 1.45. The van der Waals surface area contributed by atoms with Gasteiger partial charge in [-0.1, -0.05) is 82.9 Å². The third-order valence-electron chi connectivity index (χ3n) is 4.60. The molecule has 0 spiro atoms. The van der Waals surface area contributed by atoms with E-state index < -0.39 is 0 Å². The summed E-state index contributed by atoms with van der Waals surface area (Å²) in [6, 6.07) is 8.41. The summed E-state index contributed by atoms with van der Waals surface area (Å²) in [5, 5.41) is 0. The van der Waals surface area contributed by atoms with Crippen LogP contribution in [0.1, 0.15) is 76.7 Å². The fourth-order valence-corrected chi connectivity index (χ4v) is 3.19. The number of fused-ring (bicyclic) bond motifs is 1. The van der Waals surface area contributed by atoms with Crippen LogP contribution in [0.5, 0.6) is 5.75 Å². The van der Waals surface area contributed by atoms with Gasteiger partial charge in [-0.3, -0.25) is 4.90 Å². The molecule has 1 aliphatic heterocycles. The number of ether oxygens (including phenoxy) is 1. The predicted molar refractivity (Wildman–Crippen MR) is 94.2 cm³/mol. The third kappa shape index (κ3) is 6.39. The summed E-state index contributed by atoms with van der Waals surface area (Å²) >= 11 is 0. The summed E-state index contributed by atoms with van der Waals surface area (Å²) in [5.74, 6) is 1.07. The molecular weight excluding hydrogens is 270 g/mol. The van der Waals surface area contributed by atoms with Crippen LogP contribution in [0.2, 0.25) is 0 Å². The van der Waals surface area contributed by atoms with E-state index in [-0.39, 0.29) is 0 Å². The average molecular weight is 303 g/mol. The van der Waals surface area contributed by atoms with E-state index in [9.17, 15) is 0 Å². The fourth-order valence-electron chi connectivity index (χ4n) is 3.19. The first kappa shape index (κ1) is 17.3. The van der Waals surface area contributed by atoms with E-state index in [0.29, 0.717) is 0 Å². The third-order valence-corrected chi connectivity index (χ3v) is 4.60. The minimum absolute atomic E-state index is 0.758. The number of nitrogens with zero attached hydrogens (tertiary/aromatic N) is 1. The van der Waals surface area contributed by atoms with E-state index in [1.165, 1.54) is 76.3 Å². The number of rotatable bonds is 11. The molecule has 0 radical (unpaired) electrons. The lowest BCUT2D eigenvalue weighted by Gasteiger charge is -2.28. The highest BCUT2D eigenvalue weighted by Crippen LogP contribution is 2.24. The molecule has 0 saturated heterocycles. The summed E-state index contributed by atoms with van der Waals surface area (Å²) in [7, 11) is 0. The molecule has 22 heavy (non-hydrogen) atoms. The van der Waals surface area contributed by atoms with Crippen molar-refractivity contribution >= 4 is 0 Å². The van der Waals surface area contributed by atoms with Gasteiger partial charge in [0.15, 0.2) is 0 Å². The molecule has 0 aromatic heterocycles. The topological polar surface area (TPSA) is 12.5 Å². The maximum absolute atomic E-state index is 5.80. The quantitative estimate of drug-likeness (QED) is 0.482. The highest BCUT2D eigenvalue weighted by molar-refractivity contribution is 5.34. The van der Waals surface area contributed by atoms with Crippen molar-refractivity contribution in [2.45, 2.75) is 77.7 Å². The molecule has 0 N–H and O–H groups in total. The lowest BCUT2D eigenvalue weighted by molar-refractivity contribution is 0.0935. The Morgan fingerprint density at radius 2 is 1.50 bits per heavy atom. The highest BCUT2D eigenvalue weighted by atomic mass is 16.5. The zero-order chi connectivity index (χ0) is 15.5. The first-order valence-corrected chi connectivity index (χ1v) is 9.33. The first-order valence-electron chi connectivity index (χ1n) is 9.33. The normalized spacial score (nSPS) is 14.6. The Morgan fingerprint density at radius 1 is 0.864 bits per heavy atom. The molecule has 124 valence electrons. The molecule has 0 amide bonds. The van der Waals surface area contributed by atoms with Crippen molar-refractivity contribution < 1.29 is 4.74 Å². The van der Waals surface area contributed by atoms with Crippen LogP contribution in [0, 0.1) is 0 Å². The molecule has 0 unspecified atom stereocenters. The molecule has 0 bridgehead atoms. The largest absolute Gasteiger partial charge is 0.478 e. The van der Waals surface area contributed by atoms with Gasteiger partial charge in [-0.2, -0.15) is 0 Å². The van der Waals surface area contributed by atoms with Crippen LogP contribution in [0.25, 0.3) is 0 Å². The molecule has 1 aromatic rings. The van der Waals surface area contributed by atoms with Gasteiger partial charge in [-0.25, -0.2) is 0 Å². The molecule has 1 heterocycles. The minimum atomic E-state index is 0.758. The van der Waals surface area contributed by atoms with Gasteiger partial charge >= 0.3 is 0 Å². The van der Waals surface area contributed by atoms with Crippen LogP contribution >= 0.6 is 0 Å². The van der Waals surface area contributed by atoms with Crippen molar-refractivity contribution in [1.82, 2.24) is 4.90 Å². The first-order chi connectivity index (χ1) is 10.9. The van der Waals surface area contributed by atoms with Crippen LogP contribution in [0.3, 0.4) is 0 Å². The van der Waals surface area contributed by atoms with Crippen molar-refractivity contribution in [2.75, 3.05) is 13.3 Å². The molecule has 2 nitrogen and oxygen atoms in total. The number of hydrogen-bond donors (Lipinski definition) is 0. The Labute approximate surface area is 136 Å². The number of hydrogen-bond acceptors (Lipinski definition) is 2.